The van der Waals surface area contributed by atoms with E-state index in [-0.39, 0.29) is 31.1 Å². The molecule has 3 atom stereocenters. The van der Waals surface area contributed by atoms with Gasteiger partial charge in [0, 0.05) is 19.3 Å². The number of carbonyl (C=O) groups is 3. The number of ether oxygens (including phenoxy) is 3. The van der Waals surface area contributed by atoms with Crippen molar-refractivity contribution in [2.45, 2.75) is 336 Å². The van der Waals surface area contributed by atoms with Crippen molar-refractivity contribution in [1.29, 1.82) is 0 Å². The van der Waals surface area contributed by atoms with Gasteiger partial charge in [-0.25, -0.2) is 0 Å². The molecule has 0 aliphatic rings. The molecule has 6 heteroatoms. The summed E-state index contributed by atoms with van der Waals surface area (Å²) in [5.74, 6) is 0.925. The topological polar surface area (TPSA) is 78.9 Å². The molecule has 0 radical (unpaired) electrons. The Labute approximate surface area is 406 Å². The van der Waals surface area contributed by atoms with Crippen LogP contribution in [0.5, 0.6) is 0 Å². The van der Waals surface area contributed by atoms with Crippen molar-refractivity contribution in [3.8, 4) is 0 Å². The Morgan fingerprint density at radius 3 is 0.800 bits per heavy atom. The third-order valence-corrected chi connectivity index (χ3v) is 14.2. The molecular weight excluding hydrogens is 805 g/mol. The van der Waals surface area contributed by atoms with Crippen LogP contribution < -0.4 is 0 Å². The van der Waals surface area contributed by atoms with E-state index in [1.807, 2.05) is 0 Å². The Hall–Kier alpha value is -1.59. The summed E-state index contributed by atoms with van der Waals surface area (Å²) in [5, 5.41) is 0. The molecule has 65 heavy (non-hydrogen) atoms. The quantitative estimate of drug-likeness (QED) is 0.0344. The predicted molar refractivity (Wildman–Crippen MR) is 280 cm³/mol. The maximum absolute atomic E-state index is 12.9. The van der Waals surface area contributed by atoms with Crippen molar-refractivity contribution < 1.29 is 28.6 Å². The van der Waals surface area contributed by atoms with Gasteiger partial charge in [-0.2, -0.15) is 0 Å². The van der Waals surface area contributed by atoms with Crippen LogP contribution in [-0.4, -0.2) is 37.2 Å². The van der Waals surface area contributed by atoms with E-state index >= 15 is 0 Å². The van der Waals surface area contributed by atoms with Crippen LogP contribution in [0.2, 0.25) is 0 Å². The number of hydrogen-bond acceptors (Lipinski definition) is 6. The van der Waals surface area contributed by atoms with Crippen molar-refractivity contribution in [3.63, 3.8) is 0 Å². The van der Waals surface area contributed by atoms with Gasteiger partial charge in [-0.3, -0.25) is 14.4 Å². The molecule has 2 unspecified atom stereocenters. The van der Waals surface area contributed by atoms with Gasteiger partial charge in [0.25, 0.3) is 0 Å². The smallest absolute Gasteiger partial charge is 0.306 e. The summed E-state index contributed by atoms with van der Waals surface area (Å²) in [7, 11) is 0. The Kier molecular flexibility index (Phi) is 50.5. The van der Waals surface area contributed by atoms with Gasteiger partial charge < -0.3 is 14.2 Å². The van der Waals surface area contributed by atoms with E-state index in [0.29, 0.717) is 19.3 Å². The van der Waals surface area contributed by atoms with Gasteiger partial charge in [-0.05, 0) is 31.1 Å². The summed E-state index contributed by atoms with van der Waals surface area (Å²) < 4.78 is 16.9. The molecule has 0 aliphatic heterocycles. The van der Waals surface area contributed by atoms with Crippen LogP contribution in [0, 0.1) is 11.8 Å². The molecule has 386 valence electrons. The van der Waals surface area contributed by atoms with E-state index < -0.39 is 6.10 Å². The lowest BCUT2D eigenvalue weighted by Gasteiger charge is -2.18. The second kappa shape index (κ2) is 51.8. The SMILES string of the molecule is CCCCCCCCCCCCCCCCCC(=O)OC[C@H](COC(=O)CCCCCCCCCCCCC(C)CC)OC(=O)CCCCCCCCCCCCCCCCC(C)CC. The first-order valence-electron chi connectivity index (χ1n) is 29.3. The zero-order chi connectivity index (χ0) is 47.5. The average molecular weight is 920 g/mol. The molecule has 0 spiro atoms. The normalized spacial score (nSPS) is 12.9. The molecule has 0 aromatic rings. The lowest BCUT2D eigenvalue weighted by Crippen LogP contribution is -2.30. The van der Waals surface area contributed by atoms with E-state index in [2.05, 4.69) is 34.6 Å². The minimum Gasteiger partial charge on any atom is -0.462 e. The number of carbonyl (C=O) groups excluding carboxylic acids is 3. The van der Waals surface area contributed by atoms with Crippen molar-refractivity contribution in [1.82, 2.24) is 0 Å². The van der Waals surface area contributed by atoms with E-state index in [1.165, 1.54) is 218 Å². The van der Waals surface area contributed by atoms with Crippen molar-refractivity contribution in [3.05, 3.63) is 0 Å². The minimum atomic E-state index is -0.763. The van der Waals surface area contributed by atoms with Gasteiger partial charge in [0.1, 0.15) is 13.2 Å². The van der Waals surface area contributed by atoms with Crippen LogP contribution >= 0.6 is 0 Å². The van der Waals surface area contributed by atoms with Gasteiger partial charge in [-0.15, -0.1) is 0 Å². The fourth-order valence-electron chi connectivity index (χ4n) is 8.99. The zero-order valence-corrected chi connectivity index (χ0v) is 44.6. The summed E-state index contributed by atoms with van der Waals surface area (Å²) in [4.78, 5) is 38.2. The van der Waals surface area contributed by atoms with Crippen molar-refractivity contribution in [2.24, 2.45) is 11.8 Å². The Morgan fingerprint density at radius 1 is 0.308 bits per heavy atom. The average Bonchev–Trinajstić information content (AvgIpc) is 3.30. The highest BCUT2D eigenvalue weighted by Crippen LogP contribution is 2.19. The van der Waals surface area contributed by atoms with Crippen LogP contribution in [0.4, 0.5) is 0 Å². The van der Waals surface area contributed by atoms with Crippen LogP contribution in [0.3, 0.4) is 0 Å². The largest absolute Gasteiger partial charge is 0.462 e. The first-order valence-corrected chi connectivity index (χ1v) is 29.3. The standard InChI is InChI=1S/C59H114O6/c1-6-9-10-11-12-13-14-15-16-20-23-29-34-39-44-49-57(60)63-52-56(53-64-58(61)50-45-40-35-30-26-25-28-33-38-43-48-55(5)8-3)65-59(62)51-46-41-36-31-24-21-18-17-19-22-27-32-37-42-47-54(4)7-2/h54-56H,6-53H2,1-5H3/t54?,55?,56-/m1/s1. The van der Waals surface area contributed by atoms with Crippen LogP contribution in [-0.2, 0) is 28.6 Å². The maximum atomic E-state index is 12.9. The maximum Gasteiger partial charge on any atom is 0.306 e. The third-order valence-electron chi connectivity index (χ3n) is 14.2. The van der Waals surface area contributed by atoms with Gasteiger partial charge in [0.15, 0.2) is 6.10 Å². The summed E-state index contributed by atoms with van der Waals surface area (Å²) in [6, 6.07) is 0. The summed E-state index contributed by atoms with van der Waals surface area (Å²) in [5.41, 5.74) is 0. The van der Waals surface area contributed by atoms with E-state index in [4.69, 9.17) is 14.2 Å². The minimum absolute atomic E-state index is 0.0627. The molecule has 0 aromatic heterocycles. The van der Waals surface area contributed by atoms with Crippen LogP contribution in [0.1, 0.15) is 330 Å². The van der Waals surface area contributed by atoms with Crippen molar-refractivity contribution >= 4 is 17.9 Å². The van der Waals surface area contributed by atoms with Gasteiger partial charge >= 0.3 is 17.9 Å². The van der Waals surface area contributed by atoms with E-state index in [9.17, 15) is 14.4 Å². The molecule has 0 amide bonds. The highest BCUT2D eigenvalue weighted by molar-refractivity contribution is 5.71. The molecule has 0 heterocycles. The lowest BCUT2D eigenvalue weighted by atomic mass is 9.99. The lowest BCUT2D eigenvalue weighted by molar-refractivity contribution is -0.167. The molecule has 0 aromatic carbocycles. The van der Waals surface area contributed by atoms with Gasteiger partial charge in [-0.1, -0.05) is 291 Å². The molecule has 0 aliphatic carbocycles. The van der Waals surface area contributed by atoms with Crippen molar-refractivity contribution in [2.75, 3.05) is 13.2 Å². The molecule has 0 rings (SSSR count). The Balaban J connectivity index is 4.31. The summed E-state index contributed by atoms with van der Waals surface area (Å²) >= 11 is 0. The molecule has 0 saturated carbocycles. The molecular formula is C59H114O6. The fraction of sp³-hybridized carbons (Fsp3) is 0.949. The summed E-state index contributed by atoms with van der Waals surface area (Å²) in [6.45, 7) is 11.5. The third kappa shape index (κ3) is 50.1. The monoisotopic (exact) mass is 919 g/mol. The summed E-state index contributed by atoms with van der Waals surface area (Å²) in [6.07, 6.45) is 55.0. The second-order valence-electron chi connectivity index (χ2n) is 20.8. The zero-order valence-electron chi connectivity index (χ0n) is 44.6. The molecule has 0 N–H and O–H groups in total. The predicted octanol–water partition coefficient (Wildman–Crippen LogP) is 19.3. The Bertz CT molecular complexity index is 997. The first-order chi connectivity index (χ1) is 31.8. The Morgan fingerprint density at radius 2 is 0.538 bits per heavy atom. The number of hydrogen-bond donors (Lipinski definition) is 0. The van der Waals surface area contributed by atoms with Crippen LogP contribution in [0.25, 0.3) is 0 Å². The molecule has 0 fully saturated rings. The number of esters is 3. The second-order valence-corrected chi connectivity index (χ2v) is 20.8. The van der Waals surface area contributed by atoms with Gasteiger partial charge in [0.05, 0.1) is 0 Å². The number of unbranched alkanes of at least 4 members (excludes halogenated alkanes) is 36. The highest BCUT2D eigenvalue weighted by atomic mass is 16.6. The fourth-order valence-corrected chi connectivity index (χ4v) is 8.99. The number of rotatable bonds is 53. The molecule has 6 nitrogen and oxygen atoms in total. The highest BCUT2D eigenvalue weighted by Gasteiger charge is 2.19. The van der Waals surface area contributed by atoms with E-state index in [1.54, 1.807) is 0 Å². The first kappa shape index (κ1) is 63.4. The van der Waals surface area contributed by atoms with Gasteiger partial charge in [0.2, 0.25) is 0 Å². The van der Waals surface area contributed by atoms with E-state index in [0.717, 1.165) is 69.6 Å². The molecule has 0 saturated heterocycles. The molecule has 0 bridgehead atoms. The van der Waals surface area contributed by atoms with Crippen LogP contribution in [0.15, 0.2) is 0 Å².